The van der Waals surface area contributed by atoms with Crippen LogP contribution in [0.15, 0.2) is 17.6 Å². The molecule has 1 rings (SSSR count). The Hall–Kier alpha value is -1.52. The molecule has 0 spiro atoms. The molecule has 0 radical (unpaired) electrons. The molecule has 1 aliphatic rings. The fourth-order valence-corrected chi connectivity index (χ4v) is 2.79. The van der Waals surface area contributed by atoms with Crippen molar-refractivity contribution in [2.75, 3.05) is 33.7 Å². The van der Waals surface area contributed by atoms with E-state index in [1.54, 1.807) is 25.1 Å². The standard InChI is InChI=1S/C17H32N4O/c1-6-11-18-16(19-12-15(22)21(4)5)20-13-17(2,3)14-9-7-8-10-14/h6,14H,1,7-13H2,2-5H3,(H2,18,19,20). The topological polar surface area (TPSA) is 56.7 Å². The number of aliphatic imine (C=N–C) groups is 1. The van der Waals surface area contributed by atoms with Gasteiger partial charge in [0.25, 0.3) is 0 Å². The number of carbonyl (C=O) groups is 1. The molecular formula is C17H32N4O. The van der Waals surface area contributed by atoms with E-state index in [9.17, 15) is 4.79 Å². The van der Waals surface area contributed by atoms with Crippen molar-refractivity contribution in [3.63, 3.8) is 0 Å². The SMILES string of the molecule is C=CCNC(=NCC(=O)N(C)C)NCC(C)(C)C1CCCC1. The lowest BCUT2D eigenvalue weighted by Gasteiger charge is -2.32. The maximum absolute atomic E-state index is 11.7. The van der Waals surface area contributed by atoms with Crippen LogP contribution in [0.4, 0.5) is 0 Å². The molecule has 1 fully saturated rings. The second-order valence-corrected chi connectivity index (χ2v) is 6.95. The molecule has 22 heavy (non-hydrogen) atoms. The van der Waals surface area contributed by atoms with Gasteiger partial charge in [-0.3, -0.25) is 4.79 Å². The second kappa shape index (κ2) is 8.81. The van der Waals surface area contributed by atoms with Crippen molar-refractivity contribution in [1.29, 1.82) is 0 Å². The zero-order valence-corrected chi connectivity index (χ0v) is 14.6. The zero-order chi connectivity index (χ0) is 16.6. The quantitative estimate of drug-likeness (QED) is 0.430. The van der Waals surface area contributed by atoms with E-state index >= 15 is 0 Å². The van der Waals surface area contributed by atoms with Crippen LogP contribution in [-0.2, 0) is 4.79 Å². The summed E-state index contributed by atoms with van der Waals surface area (Å²) in [6.07, 6.45) is 7.12. The predicted molar refractivity (Wildman–Crippen MR) is 92.9 cm³/mol. The van der Waals surface area contributed by atoms with E-state index in [1.807, 2.05) is 0 Å². The molecular weight excluding hydrogens is 276 g/mol. The van der Waals surface area contributed by atoms with Crippen molar-refractivity contribution in [3.8, 4) is 0 Å². The van der Waals surface area contributed by atoms with E-state index < -0.39 is 0 Å². The Labute approximate surface area is 135 Å². The average molecular weight is 308 g/mol. The fourth-order valence-electron chi connectivity index (χ4n) is 2.79. The van der Waals surface area contributed by atoms with Crippen LogP contribution in [0.5, 0.6) is 0 Å². The number of likely N-dealkylation sites (N-methyl/N-ethyl adjacent to an activating group) is 1. The Balaban J connectivity index is 2.57. The number of amides is 1. The van der Waals surface area contributed by atoms with Gasteiger partial charge in [-0.15, -0.1) is 6.58 Å². The zero-order valence-electron chi connectivity index (χ0n) is 14.6. The summed E-state index contributed by atoms with van der Waals surface area (Å²) in [5.41, 5.74) is 0.235. The lowest BCUT2D eigenvalue weighted by Crippen LogP contribution is -2.44. The molecule has 0 bridgehead atoms. The Kier molecular flexibility index (Phi) is 7.42. The molecule has 1 saturated carbocycles. The van der Waals surface area contributed by atoms with Gasteiger partial charge in [0.1, 0.15) is 6.54 Å². The van der Waals surface area contributed by atoms with Crippen molar-refractivity contribution >= 4 is 11.9 Å². The first-order chi connectivity index (χ1) is 10.4. The summed E-state index contributed by atoms with van der Waals surface area (Å²) < 4.78 is 0. The number of rotatable bonds is 7. The van der Waals surface area contributed by atoms with Gasteiger partial charge >= 0.3 is 0 Å². The molecule has 1 aliphatic carbocycles. The van der Waals surface area contributed by atoms with Crippen LogP contribution in [0.3, 0.4) is 0 Å². The Bertz CT molecular complexity index is 395. The van der Waals surface area contributed by atoms with Gasteiger partial charge in [0, 0.05) is 27.2 Å². The highest BCUT2D eigenvalue weighted by Crippen LogP contribution is 2.38. The minimum Gasteiger partial charge on any atom is -0.356 e. The maximum atomic E-state index is 11.7. The molecule has 0 aromatic heterocycles. The van der Waals surface area contributed by atoms with Crippen LogP contribution >= 0.6 is 0 Å². The van der Waals surface area contributed by atoms with Crippen LogP contribution in [-0.4, -0.2) is 50.5 Å². The highest BCUT2D eigenvalue weighted by atomic mass is 16.2. The van der Waals surface area contributed by atoms with Gasteiger partial charge in [-0.05, 0) is 24.2 Å². The van der Waals surface area contributed by atoms with Crippen LogP contribution in [0.2, 0.25) is 0 Å². The number of hydrogen-bond donors (Lipinski definition) is 2. The molecule has 126 valence electrons. The van der Waals surface area contributed by atoms with Crippen molar-refractivity contribution in [1.82, 2.24) is 15.5 Å². The summed E-state index contributed by atoms with van der Waals surface area (Å²) in [5.74, 6) is 1.44. The molecule has 0 unspecified atom stereocenters. The third-order valence-electron chi connectivity index (χ3n) is 4.46. The first-order valence-electron chi connectivity index (χ1n) is 8.20. The van der Waals surface area contributed by atoms with Gasteiger partial charge in [-0.2, -0.15) is 0 Å². The van der Waals surface area contributed by atoms with Crippen molar-refractivity contribution in [3.05, 3.63) is 12.7 Å². The van der Waals surface area contributed by atoms with Crippen molar-refractivity contribution in [2.24, 2.45) is 16.3 Å². The summed E-state index contributed by atoms with van der Waals surface area (Å²) in [6, 6.07) is 0. The molecule has 0 aliphatic heterocycles. The van der Waals surface area contributed by atoms with Crippen LogP contribution in [0.25, 0.3) is 0 Å². The molecule has 0 aromatic rings. The number of guanidine groups is 1. The minimum absolute atomic E-state index is 0.00486. The average Bonchev–Trinajstić information content (AvgIpc) is 3.01. The second-order valence-electron chi connectivity index (χ2n) is 6.95. The Morgan fingerprint density at radius 2 is 1.95 bits per heavy atom. The molecule has 5 nitrogen and oxygen atoms in total. The van der Waals surface area contributed by atoms with Gasteiger partial charge in [-0.1, -0.05) is 32.8 Å². The van der Waals surface area contributed by atoms with E-state index in [4.69, 9.17) is 0 Å². The third-order valence-corrected chi connectivity index (χ3v) is 4.46. The van der Waals surface area contributed by atoms with E-state index in [2.05, 4.69) is 36.1 Å². The first-order valence-corrected chi connectivity index (χ1v) is 8.20. The lowest BCUT2D eigenvalue weighted by molar-refractivity contribution is -0.127. The third kappa shape index (κ3) is 6.08. The van der Waals surface area contributed by atoms with Crippen LogP contribution < -0.4 is 10.6 Å². The number of nitrogens with zero attached hydrogens (tertiary/aromatic N) is 2. The molecule has 0 aromatic carbocycles. The summed E-state index contributed by atoms with van der Waals surface area (Å²) in [7, 11) is 3.48. The Morgan fingerprint density at radius 1 is 1.32 bits per heavy atom. The highest BCUT2D eigenvalue weighted by Gasteiger charge is 2.31. The first kappa shape index (κ1) is 18.5. The van der Waals surface area contributed by atoms with Gasteiger partial charge < -0.3 is 15.5 Å². The van der Waals surface area contributed by atoms with Gasteiger partial charge in [0.05, 0.1) is 0 Å². The van der Waals surface area contributed by atoms with Crippen molar-refractivity contribution < 1.29 is 4.79 Å². The van der Waals surface area contributed by atoms with Crippen molar-refractivity contribution in [2.45, 2.75) is 39.5 Å². The molecule has 0 heterocycles. The van der Waals surface area contributed by atoms with Gasteiger partial charge in [0.2, 0.25) is 5.91 Å². The molecule has 0 atom stereocenters. The summed E-state index contributed by atoms with van der Waals surface area (Å²) in [4.78, 5) is 17.6. The summed E-state index contributed by atoms with van der Waals surface area (Å²) in [5, 5.41) is 6.56. The van der Waals surface area contributed by atoms with E-state index in [0.29, 0.717) is 12.5 Å². The maximum Gasteiger partial charge on any atom is 0.243 e. The smallest absolute Gasteiger partial charge is 0.243 e. The number of carbonyl (C=O) groups excluding carboxylic acids is 1. The number of nitrogens with one attached hydrogen (secondary N) is 2. The largest absolute Gasteiger partial charge is 0.356 e. The van der Waals surface area contributed by atoms with E-state index in [1.165, 1.54) is 25.7 Å². The molecule has 5 heteroatoms. The van der Waals surface area contributed by atoms with Gasteiger partial charge in [-0.25, -0.2) is 4.99 Å². The molecule has 1 amide bonds. The molecule has 2 N–H and O–H groups in total. The Morgan fingerprint density at radius 3 is 2.50 bits per heavy atom. The van der Waals surface area contributed by atoms with E-state index in [-0.39, 0.29) is 17.9 Å². The predicted octanol–water partition coefficient (Wildman–Crippen LogP) is 2.01. The minimum atomic E-state index is -0.00486. The highest BCUT2D eigenvalue weighted by molar-refractivity contribution is 5.84. The fraction of sp³-hybridized carbons (Fsp3) is 0.765. The van der Waals surface area contributed by atoms with Crippen LogP contribution in [0, 0.1) is 11.3 Å². The monoisotopic (exact) mass is 308 g/mol. The van der Waals surface area contributed by atoms with Gasteiger partial charge in [0.15, 0.2) is 5.96 Å². The summed E-state index contributed by atoms with van der Waals surface area (Å²) >= 11 is 0. The van der Waals surface area contributed by atoms with E-state index in [0.717, 1.165) is 12.5 Å². The van der Waals surface area contributed by atoms with Crippen LogP contribution in [0.1, 0.15) is 39.5 Å². The normalized spacial score (nSPS) is 16.5. The lowest BCUT2D eigenvalue weighted by atomic mass is 9.78. The summed E-state index contributed by atoms with van der Waals surface area (Å²) in [6.45, 7) is 9.98. The number of hydrogen-bond acceptors (Lipinski definition) is 2. The molecule has 0 saturated heterocycles.